The molecule has 6 N–H and O–H groups in total. The highest BCUT2D eigenvalue weighted by atomic mass is 16.3. The molecule has 1 aliphatic rings. The van der Waals surface area contributed by atoms with Gasteiger partial charge in [-0.3, -0.25) is 4.40 Å². The minimum absolute atomic E-state index is 0.0508. The number of benzene rings is 1. The van der Waals surface area contributed by atoms with Crippen molar-refractivity contribution in [3.05, 3.63) is 54.7 Å². The summed E-state index contributed by atoms with van der Waals surface area (Å²) in [6.45, 7) is 0. The van der Waals surface area contributed by atoms with Crippen molar-refractivity contribution in [1.29, 1.82) is 0 Å². The highest BCUT2D eigenvalue weighted by Gasteiger charge is 2.42. The smallest absolute Gasteiger partial charge is 0.206 e. The largest absolute Gasteiger partial charge is 0.390 e. The highest BCUT2D eigenvalue weighted by molar-refractivity contribution is 5.92. The molecule has 1 saturated carbocycles. The fraction of sp³-hybridized carbons (Fsp3) is 0.304. The minimum Gasteiger partial charge on any atom is -0.390 e. The summed E-state index contributed by atoms with van der Waals surface area (Å²) in [4.78, 5) is 17.3. The lowest BCUT2D eigenvalue weighted by Crippen LogP contribution is -2.29. The van der Waals surface area contributed by atoms with Crippen molar-refractivity contribution in [3.63, 3.8) is 0 Å². The molecule has 0 amide bonds. The number of aryl methyl sites for hydroxylation is 1. The first-order valence-electron chi connectivity index (χ1n) is 11.0. The Morgan fingerprint density at radius 2 is 1.85 bits per heavy atom. The van der Waals surface area contributed by atoms with Crippen LogP contribution in [0, 0.1) is 5.92 Å². The van der Waals surface area contributed by atoms with Gasteiger partial charge in [-0.1, -0.05) is 6.07 Å². The van der Waals surface area contributed by atoms with Gasteiger partial charge in [-0.15, -0.1) is 0 Å². The molecule has 4 atom stereocenters. The van der Waals surface area contributed by atoms with Gasteiger partial charge in [0.05, 0.1) is 23.0 Å². The predicted octanol–water partition coefficient (Wildman–Crippen LogP) is 1.71. The Morgan fingerprint density at radius 1 is 0.970 bits per heavy atom. The summed E-state index contributed by atoms with van der Waals surface area (Å²) in [6.07, 6.45) is 7.20. The molecule has 10 heteroatoms. The van der Waals surface area contributed by atoms with Crippen molar-refractivity contribution in [3.8, 4) is 0 Å². The Labute approximate surface area is 188 Å². The van der Waals surface area contributed by atoms with Crippen molar-refractivity contribution in [1.82, 2.24) is 28.9 Å². The number of nitrogens with zero attached hydrogens (tertiary/aromatic N) is 6. The van der Waals surface area contributed by atoms with Crippen LogP contribution in [-0.4, -0.2) is 51.3 Å². The van der Waals surface area contributed by atoms with Gasteiger partial charge in [0.15, 0.2) is 0 Å². The Balaban J connectivity index is 1.23. The number of hydrogen-bond acceptors (Lipinski definition) is 8. The van der Waals surface area contributed by atoms with E-state index in [0.717, 1.165) is 40.3 Å². The van der Waals surface area contributed by atoms with Gasteiger partial charge < -0.3 is 26.2 Å². The second-order valence-electron chi connectivity index (χ2n) is 8.74. The molecule has 0 aliphatic heterocycles. The van der Waals surface area contributed by atoms with Crippen LogP contribution in [0.1, 0.15) is 24.4 Å². The molecule has 0 unspecified atom stereocenters. The number of anilines is 2. The Morgan fingerprint density at radius 3 is 2.73 bits per heavy atom. The standard InChI is InChI=1S/C23H24N8O2/c24-20-15-5-7-30(22(15)28-11-27-20)17-10-13(18(32)19(17)33)3-1-12-2-4-14-16(9-12)29-23(25)31-8-6-26-21(14)31/h2,4-9,11,13,17-19,32-33H,1,3,10H2,(H2,25,29)(H2,24,27,28)/t13-,17+,18+,19-/m0/s1. The van der Waals surface area contributed by atoms with Gasteiger partial charge in [0.25, 0.3) is 0 Å². The van der Waals surface area contributed by atoms with Crippen LogP contribution < -0.4 is 11.5 Å². The molecule has 5 aromatic rings. The van der Waals surface area contributed by atoms with Crippen molar-refractivity contribution < 1.29 is 10.2 Å². The predicted molar refractivity (Wildman–Crippen MR) is 124 cm³/mol. The van der Waals surface area contributed by atoms with E-state index in [-0.39, 0.29) is 12.0 Å². The molecule has 0 saturated heterocycles. The third-order valence-corrected chi connectivity index (χ3v) is 6.90. The molecule has 6 rings (SSSR count). The summed E-state index contributed by atoms with van der Waals surface area (Å²) in [7, 11) is 0. The summed E-state index contributed by atoms with van der Waals surface area (Å²) in [5.74, 6) is 0.749. The number of hydrogen-bond donors (Lipinski definition) is 4. The first-order chi connectivity index (χ1) is 16.0. The Kier molecular flexibility index (Phi) is 4.46. The number of aliphatic hydroxyl groups is 2. The Bertz CT molecular complexity index is 1490. The number of aliphatic hydroxyl groups excluding tert-OH is 2. The lowest BCUT2D eigenvalue weighted by atomic mass is 9.95. The molecule has 10 nitrogen and oxygen atoms in total. The number of fused-ring (bicyclic) bond motifs is 4. The maximum atomic E-state index is 10.8. The third-order valence-electron chi connectivity index (χ3n) is 6.90. The van der Waals surface area contributed by atoms with Gasteiger partial charge >= 0.3 is 0 Å². The molecule has 1 aliphatic carbocycles. The quantitative estimate of drug-likeness (QED) is 0.327. The molecule has 0 radical (unpaired) electrons. The van der Waals surface area contributed by atoms with Crippen molar-refractivity contribution in [2.75, 3.05) is 11.5 Å². The fourth-order valence-electron chi connectivity index (χ4n) is 5.15. The van der Waals surface area contributed by atoms with Crippen LogP contribution in [0.5, 0.6) is 0 Å². The zero-order valence-electron chi connectivity index (χ0n) is 17.8. The van der Waals surface area contributed by atoms with E-state index in [1.54, 1.807) is 16.8 Å². The van der Waals surface area contributed by atoms with Crippen molar-refractivity contribution in [2.24, 2.45) is 5.92 Å². The van der Waals surface area contributed by atoms with Crippen LogP contribution in [0.3, 0.4) is 0 Å². The lowest BCUT2D eigenvalue weighted by Gasteiger charge is -2.19. The van der Waals surface area contributed by atoms with E-state index < -0.39 is 12.2 Å². The van der Waals surface area contributed by atoms with E-state index in [0.29, 0.717) is 23.8 Å². The van der Waals surface area contributed by atoms with Gasteiger partial charge in [0, 0.05) is 24.0 Å². The van der Waals surface area contributed by atoms with Gasteiger partial charge in [-0.25, -0.2) is 19.9 Å². The number of rotatable bonds is 4. The van der Waals surface area contributed by atoms with Crippen LogP contribution in [-0.2, 0) is 6.42 Å². The van der Waals surface area contributed by atoms with Crippen molar-refractivity contribution >= 4 is 39.3 Å². The summed E-state index contributed by atoms with van der Waals surface area (Å²) in [5, 5.41) is 23.3. The molecule has 4 heterocycles. The maximum absolute atomic E-state index is 10.8. The van der Waals surface area contributed by atoms with Gasteiger partial charge in [-0.2, -0.15) is 0 Å². The molecule has 1 fully saturated rings. The average molecular weight is 444 g/mol. The van der Waals surface area contributed by atoms with E-state index in [1.807, 2.05) is 29.0 Å². The van der Waals surface area contributed by atoms with E-state index in [1.165, 1.54) is 6.33 Å². The van der Waals surface area contributed by atoms with Crippen molar-refractivity contribution in [2.45, 2.75) is 37.5 Å². The summed E-state index contributed by atoms with van der Waals surface area (Å²) in [5.41, 5.74) is 15.4. The maximum Gasteiger partial charge on any atom is 0.206 e. The van der Waals surface area contributed by atoms with Crippen LogP contribution in [0.2, 0.25) is 0 Å². The molecule has 1 aromatic carbocycles. The van der Waals surface area contributed by atoms with Crippen LogP contribution >= 0.6 is 0 Å². The normalized spacial score (nSPS) is 23.2. The minimum atomic E-state index is -0.881. The van der Waals surface area contributed by atoms with Gasteiger partial charge in [0.2, 0.25) is 5.95 Å². The molecule has 0 bridgehead atoms. The van der Waals surface area contributed by atoms with E-state index in [4.69, 9.17) is 11.5 Å². The zero-order valence-corrected chi connectivity index (χ0v) is 17.8. The molecule has 33 heavy (non-hydrogen) atoms. The average Bonchev–Trinajstić information content (AvgIpc) is 3.52. The Hall–Kier alpha value is -3.76. The summed E-state index contributed by atoms with van der Waals surface area (Å²) in [6, 6.07) is 7.67. The summed E-state index contributed by atoms with van der Waals surface area (Å²) >= 11 is 0. The number of nitrogens with two attached hydrogens (primary N) is 2. The number of imidazole rings is 1. The zero-order chi connectivity index (χ0) is 22.7. The second-order valence-corrected chi connectivity index (χ2v) is 8.74. The second kappa shape index (κ2) is 7.39. The lowest BCUT2D eigenvalue weighted by molar-refractivity contribution is 0.00545. The van der Waals surface area contributed by atoms with Gasteiger partial charge in [-0.05, 0) is 48.9 Å². The number of nitrogen functional groups attached to an aromatic ring is 2. The summed E-state index contributed by atoms with van der Waals surface area (Å²) < 4.78 is 3.67. The molecular formula is C23H24N8O2. The van der Waals surface area contributed by atoms with Crippen LogP contribution in [0.4, 0.5) is 11.8 Å². The van der Waals surface area contributed by atoms with Crippen LogP contribution in [0.15, 0.2) is 49.2 Å². The van der Waals surface area contributed by atoms with Crippen LogP contribution in [0.25, 0.3) is 27.6 Å². The van der Waals surface area contributed by atoms with E-state index in [2.05, 4.69) is 26.0 Å². The first kappa shape index (κ1) is 19.9. The number of aromatic nitrogens is 6. The SMILES string of the molecule is Nc1ncnc2c1ccn2[C@@H]1C[C@H](CCc2ccc3c(c2)nc(N)n2ccnc32)[C@@H](O)[C@H]1O. The molecular weight excluding hydrogens is 420 g/mol. The molecule has 0 spiro atoms. The highest BCUT2D eigenvalue weighted by Crippen LogP contribution is 2.39. The third kappa shape index (κ3) is 3.10. The monoisotopic (exact) mass is 444 g/mol. The van der Waals surface area contributed by atoms with Gasteiger partial charge in [0.1, 0.15) is 29.5 Å². The molecule has 168 valence electrons. The van der Waals surface area contributed by atoms with E-state index >= 15 is 0 Å². The molecule has 4 aromatic heterocycles. The fourth-order valence-corrected chi connectivity index (χ4v) is 5.15. The van der Waals surface area contributed by atoms with E-state index in [9.17, 15) is 10.2 Å². The first-order valence-corrected chi connectivity index (χ1v) is 11.0. The topological polar surface area (TPSA) is 153 Å².